The number of rotatable bonds is 3. The van der Waals surface area contributed by atoms with Crippen LogP contribution in [0.1, 0.15) is 6.42 Å². The van der Waals surface area contributed by atoms with Gasteiger partial charge in [-0.1, -0.05) is 0 Å². The van der Waals surface area contributed by atoms with Crippen LogP contribution in [0.25, 0.3) is 0 Å². The number of ether oxygens (including phenoxy) is 3. The minimum Gasteiger partial charge on any atom is -0.356 e. The van der Waals surface area contributed by atoms with Gasteiger partial charge in [-0.2, -0.15) is 0 Å². The molecule has 0 aromatic heterocycles. The largest absolute Gasteiger partial charge is 0.356 e. The van der Waals surface area contributed by atoms with E-state index < -0.39 is 6.29 Å². The lowest BCUT2D eigenvalue weighted by atomic mass is 10.1. The van der Waals surface area contributed by atoms with Crippen molar-refractivity contribution >= 4 is 6.29 Å². The number of hydrogen-bond donors (Lipinski definition) is 0. The monoisotopic (exact) mass is 160 g/mol. The van der Waals surface area contributed by atoms with Crippen molar-refractivity contribution in [3.05, 3.63) is 0 Å². The predicted octanol–water partition coefficient (Wildman–Crippen LogP) is 0.167. The Hall–Kier alpha value is -0.450. The van der Waals surface area contributed by atoms with Crippen molar-refractivity contribution in [2.45, 2.75) is 19.0 Å². The lowest BCUT2D eigenvalue weighted by Crippen LogP contribution is -2.19. The Labute approximate surface area is 65.4 Å². The zero-order valence-electron chi connectivity index (χ0n) is 6.65. The van der Waals surface area contributed by atoms with E-state index in [2.05, 4.69) is 0 Å². The quantitative estimate of drug-likeness (QED) is 0.552. The van der Waals surface area contributed by atoms with Gasteiger partial charge in [-0.05, 0) is 0 Å². The van der Waals surface area contributed by atoms with E-state index in [9.17, 15) is 4.79 Å². The summed E-state index contributed by atoms with van der Waals surface area (Å²) in [6.07, 6.45) is 0.693. The van der Waals surface area contributed by atoms with Crippen LogP contribution in [0.5, 0.6) is 0 Å². The van der Waals surface area contributed by atoms with Gasteiger partial charge >= 0.3 is 0 Å². The molecule has 3 atom stereocenters. The van der Waals surface area contributed by atoms with E-state index in [1.807, 2.05) is 0 Å². The highest BCUT2D eigenvalue weighted by Gasteiger charge is 2.34. The molecule has 0 N–H and O–H groups in total. The minimum absolute atomic E-state index is 0.190. The molecule has 1 aliphatic heterocycles. The molecule has 0 aromatic carbocycles. The first-order valence-corrected chi connectivity index (χ1v) is 3.48. The molecule has 4 heteroatoms. The van der Waals surface area contributed by atoms with Crippen LogP contribution in [-0.4, -0.2) is 33.1 Å². The molecule has 1 rings (SSSR count). The van der Waals surface area contributed by atoms with Gasteiger partial charge in [0, 0.05) is 20.6 Å². The van der Waals surface area contributed by atoms with Crippen LogP contribution in [0.4, 0.5) is 0 Å². The zero-order chi connectivity index (χ0) is 8.27. The van der Waals surface area contributed by atoms with Gasteiger partial charge in [-0.25, -0.2) is 0 Å². The van der Waals surface area contributed by atoms with E-state index in [1.165, 1.54) is 7.11 Å². The Kier molecular flexibility index (Phi) is 2.99. The summed E-state index contributed by atoms with van der Waals surface area (Å²) in [6, 6.07) is 0. The molecule has 0 amide bonds. The van der Waals surface area contributed by atoms with Gasteiger partial charge in [-0.15, -0.1) is 0 Å². The van der Waals surface area contributed by atoms with Crippen LogP contribution >= 0.6 is 0 Å². The fourth-order valence-electron chi connectivity index (χ4n) is 1.14. The normalized spacial score (nSPS) is 37.5. The number of carbonyl (C=O) groups excluding carboxylic acids is 1. The molecule has 0 radical (unpaired) electrons. The summed E-state index contributed by atoms with van der Waals surface area (Å²) in [7, 11) is 3.06. The fourth-order valence-corrected chi connectivity index (χ4v) is 1.14. The topological polar surface area (TPSA) is 44.8 Å². The van der Waals surface area contributed by atoms with E-state index in [4.69, 9.17) is 14.2 Å². The molecule has 1 heterocycles. The van der Waals surface area contributed by atoms with Crippen LogP contribution in [-0.2, 0) is 19.0 Å². The summed E-state index contributed by atoms with van der Waals surface area (Å²) in [5.74, 6) is -0.190. The zero-order valence-corrected chi connectivity index (χ0v) is 6.65. The average Bonchev–Trinajstić information content (AvgIpc) is 2.46. The standard InChI is InChI=1S/C7H12O4/c1-9-6-3-5(4-8)7(10-2)11-6/h4-7H,3H2,1-2H3/t5-,6-,7-/m1/s1. The van der Waals surface area contributed by atoms with Gasteiger partial charge in [0.25, 0.3) is 0 Å². The van der Waals surface area contributed by atoms with E-state index in [0.29, 0.717) is 6.42 Å². The third-order valence-electron chi connectivity index (χ3n) is 1.77. The van der Waals surface area contributed by atoms with Gasteiger partial charge in [0.15, 0.2) is 12.6 Å². The Balaban J connectivity index is 2.47. The molecular formula is C7H12O4. The van der Waals surface area contributed by atoms with Crippen LogP contribution in [0.2, 0.25) is 0 Å². The molecule has 0 bridgehead atoms. The van der Waals surface area contributed by atoms with Crippen LogP contribution < -0.4 is 0 Å². The number of hydrogen-bond acceptors (Lipinski definition) is 4. The predicted molar refractivity (Wildman–Crippen MR) is 36.9 cm³/mol. The van der Waals surface area contributed by atoms with Gasteiger partial charge in [-0.3, -0.25) is 0 Å². The first-order chi connectivity index (χ1) is 5.31. The molecule has 64 valence electrons. The maximum absolute atomic E-state index is 10.4. The first-order valence-electron chi connectivity index (χ1n) is 3.48. The molecule has 0 unspecified atom stereocenters. The van der Waals surface area contributed by atoms with Crippen molar-refractivity contribution in [3.63, 3.8) is 0 Å². The molecule has 0 aromatic rings. The second-order valence-electron chi connectivity index (χ2n) is 2.44. The Bertz CT molecular complexity index is 136. The third kappa shape index (κ3) is 1.77. The highest BCUT2D eigenvalue weighted by Crippen LogP contribution is 2.25. The first kappa shape index (κ1) is 8.64. The number of aldehydes is 1. The van der Waals surface area contributed by atoms with Crippen LogP contribution in [0, 0.1) is 5.92 Å². The van der Waals surface area contributed by atoms with Crippen molar-refractivity contribution in [1.82, 2.24) is 0 Å². The maximum atomic E-state index is 10.4. The Morgan fingerprint density at radius 1 is 1.45 bits per heavy atom. The average molecular weight is 160 g/mol. The third-order valence-corrected chi connectivity index (χ3v) is 1.77. The van der Waals surface area contributed by atoms with E-state index in [1.54, 1.807) is 7.11 Å². The number of carbonyl (C=O) groups is 1. The molecule has 0 aliphatic carbocycles. The maximum Gasteiger partial charge on any atom is 0.169 e. The smallest absolute Gasteiger partial charge is 0.169 e. The molecule has 1 saturated heterocycles. The summed E-state index contributed by atoms with van der Waals surface area (Å²) in [5.41, 5.74) is 0. The summed E-state index contributed by atoms with van der Waals surface area (Å²) < 4.78 is 15.0. The van der Waals surface area contributed by atoms with Crippen LogP contribution in [0.3, 0.4) is 0 Å². The minimum atomic E-state index is -0.433. The summed E-state index contributed by atoms with van der Waals surface area (Å²) in [6.45, 7) is 0. The second-order valence-corrected chi connectivity index (χ2v) is 2.44. The van der Waals surface area contributed by atoms with Gasteiger partial charge in [0.2, 0.25) is 0 Å². The Morgan fingerprint density at radius 3 is 2.55 bits per heavy atom. The molecule has 1 fully saturated rings. The van der Waals surface area contributed by atoms with Crippen molar-refractivity contribution in [3.8, 4) is 0 Å². The van der Waals surface area contributed by atoms with Crippen molar-refractivity contribution < 1.29 is 19.0 Å². The van der Waals surface area contributed by atoms with Gasteiger partial charge in [0.05, 0.1) is 5.92 Å². The van der Waals surface area contributed by atoms with E-state index >= 15 is 0 Å². The fraction of sp³-hybridized carbons (Fsp3) is 0.857. The molecule has 0 saturated carbocycles. The summed E-state index contributed by atoms with van der Waals surface area (Å²) in [4.78, 5) is 10.4. The molecular weight excluding hydrogens is 148 g/mol. The highest BCUT2D eigenvalue weighted by atomic mass is 16.8. The van der Waals surface area contributed by atoms with Crippen molar-refractivity contribution in [2.24, 2.45) is 5.92 Å². The summed E-state index contributed by atoms with van der Waals surface area (Å²) in [5, 5.41) is 0. The number of methoxy groups -OCH3 is 2. The second kappa shape index (κ2) is 3.80. The van der Waals surface area contributed by atoms with E-state index in [0.717, 1.165) is 6.29 Å². The lowest BCUT2D eigenvalue weighted by Gasteiger charge is -2.11. The molecule has 4 nitrogen and oxygen atoms in total. The summed E-state index contributed by atoms with van der Waals surface area (Å²) >= 11 is 0. The Morgan fingerprint density at radius 2 is 2.18 bits per heavy atom. The molecule has 0 spiro atoms. The lowest BCUT2D eigenvalue weighted by molar-refractivity contribution is -0.192. The SMILES string of the molecule is CO[C@H]1C[C@H](C=O)[C@H](OC)O1. The molecule has 1 aliphatic rings. The van der Waals surface area contributed by atoms with Crippen molar-refractivity contribution in [2.75, 3.05) is 14.2 Å². The van der Waals surface area contributed by atoms with Crippen molar-refractivity contribution in [1.29, 1.82) is 0 Å². The van der Waals surface area contributed by atoms with E-state index in [-0.39, 0.29) is 12.2 Å². The molecule has 11 heavy (non-hydrogen) atoms. The highest BCUT2D eigenvalue weighted by molar-refractivity contribution is 5.54. The van der Waals surface area contributed by atoms with Gasteiger partial charge < -0.3 is 19.0 Å². The van der Waals surface area contributed by atoms with Crippen LogP contribution in [0.15, 0.2) is 0 Å². The van der Waals surface area contributed by atoms with Gasteiger partial charge in [0.1, 0.15) is 6.29 Å².